The summed E-state index contributed by atoms with van der Waals surface area (Å²) in [5.74, 6) is -0.772. The highest BCUT2D eigenvalue weighted by Crippen LogP contribution is 2.38. The molecule has 15 nitrogen and oxygen atoms in total. The van der Waals surface area contributed by atoms with Crippen molar-refractivity contribution >= 4 is 58.1 Å². The molecular formula is C43H49F3N10O5. The molecule has 0 bridgehead atoms. The lowest BCUT2D eigenvalue weighted by atomic mass is 9.89. The Kier molecular flexibility index (Phi) is 12.9. The van der Waals surface area contributed by atoms with E-state index in [1.165, 1.54) is 31.9 Å². The number of benzene rings is 3. The van der Waals surface area contributed by atoms with Crippen molar-refractivity contribution in [3.05, 3.63) is 89.1 Å². The van der Waals surface area contributed by atoms with Gasteiger partial charge in [-0.15, -0.1) is 0 Å². The molecule has 1 aromatic heterocycles. The maximum Gasteiger partial charge on any atom is 0.421 e. The standard InChI is InChI=1S/C43H49F3N10O5/c1-26-22-34(51-42-48-24-31(43(44,45)46)39(53-42)50-32-7-5-4-6-30(32)40(59)47-2)36(61-3)23-35(26)55-18-20-56(21-19-55)38(58)25-54-16-14-28(15-17-54)27-8-10-29(11-9-27)49-33-12-13-37(57)52-41(33)60/h4-11,22-24,28,33,49H,12-21,25H2,1-3H3,(H,47,59)(H,52,57,60)(H2,48,50,51,53). The molecule has 3 aliphatic heterocycles. The number of nitrogens with zero attached hydrogens (tertiary/aromatic N) is 5. The Bertz CT molecular complexity index is 2260. The minimum Gasteiger partial charge on any atom is -0.494 e. The molecule has 7 rings (SSSR count). The molecule has 0 radical (unpaired) electrons. The lowest BCUT2D eigenvalue weighted by molar-refractivity contribution is -0.137. The number of aromatic nitrogens is 2. The summed E-state index contributed by atoms with van der Waals surface area (Å²) in [5, 5.41) is 13.8. The summed E-state index contributed by atoms with van der Waals surface area (Å²) in [6, 6.07) is 17.5. The van der Waals surface area contributed by atoms with Crippen LogP contribution in [-0.4, -0.2) is 109 Å². The van der Waals surface area contributed by atoms with E-state index in [9.17, 15) is 32.3 Å². The number of hydrogen-bond donors (Lipinski definition) is 5. The molecule has 3 aliphatic rings. The second kappa shape index (κ2) is 18.5. The Morgan fingerprint density at radius 2 is 1.64 bits per heavy atom. The highest BCUT2D eigenvalue weighted by atomic mass is 19.4. The van der Waals surface area contributed by atoms with E-state index < -0.39 is 29.5 Å². The van der Waals surface area contributed by atoms with E-state index in [0.29, 0.717) is 69.1 Å². The van der Waals surface area contributed by atoms with Gasteiger partial charge in [-0.2, -0.15) is 18.2 Å². The minimum absolute atomic E-state index is 0.0957. The molecule has 0 saturated carbocycles. The van der Waals surface area contributed by atoms with Gasteiger partial charge in [0.25, 0.3) is 5.91 Å². The Morgan fingerprint density at radius 1 is 0.918 bits per heavy atom. The number of nitrogens with one attached hydrogen (secondary N) is 5. The summed E-state index contributed by atoms with van der Waals surface area (Å²) in [6.45, 7) is 6.22. The molecule has 0 spiro atoms. The zero-order chi connectivity index (χ0) is 43.3. The second-order valence-electron chi connectivity index (χ2n) is 15.4. The van der Waals surface area contributed by atoms with Crippen molar-refractivity contribution in [3.63, 3.8) is 0 Å². The summed E-state index contributed by atoms with van der Waals surface area (Å²) in [6.07, 6.45) is -1.43. The Hall–Kier alpha value is -6.43. The first kappa shape index (κ1) is 42.7. The highest BCUT2D eigenvalue weighted by molar-refractivity contribution is 6.01. The number of halogens is 3. The number of imide groups is 1. The lowest BCUT2D eigenvalue weighted by Crippen LogP contribution is -2.52. The third-order valence-electron chi connectivity index (χ3n) is 11.4. The number of likely N-dealkylation sites (tertiary alicyclic amines) is 1. The first-order valence-electron chi connectivity index (χ1n) is 20.2. The number of piperazine rings is 1. The fourth-order valence-corrected chi connectivity index (χ4v) is 8.00. The van der Waals surface area contributed by atoms with Crippen molar-refractivity contribution in [1.82, 2.24) is 30.4 Å². The number of hydrogen-bond acceptors (Lipinski definition) is 12. The minimum atomic E-state index is -4.78. The monoisotopic (exact) mass is 842 g/mol. The van der Waals surface area contributed by atoms with Crippen LogP contribution in [0.15, 0.2) is 66.9 Å². The van der Waals surface area contributed by atoms with Gasteiger partial charge >= 0.3 is 6.18 Å². The third-order valence-corrected chi connectivity index (χ3v) is 11.4. The topological polar surface area (TPSA) is 173 Å². The van der Waals surface area contributed by atoms with E-state index in [2.05, 4.69) is 58.5 Å². The van der Waals surface area contributed by atoms with E-state index in [4.69, 9.17) is 4.74 Å². The van der Waals surface area contributed by atoms with Crippen LogP contribution >= 0.6 is 0 Å². The van der Waals surface area contributed by atoms with Crippen LogP contribution in [0.3, 0.4) is 0 Å². The number of para-hydroxylation sites is 1. The van der Waals surface area contributed by atoms with Crippen LogP contribution in [0.5, 0.6) is 5.75 Å². The number of aryl methyl sites for hydroxylation is 1. The van der Waals surface area contributed by atoms with Crippen LogP contribution < -0.4 is 36.2 Å². The van der Waals surface area contributed by atoms with Gasteiger partial charge in [-0.1, -0.05) is 24.3 Å². The third kappa shape index (κ3) is 10.1. The van der Waals surface area contributed by atoms with Gasteiger partial charge in [-0.25, -0.2) is 4.98 Å². The molecule has 322 valence electrons. The average molecular weight is 843 g/mol. The number of piperidine rings is 2. The number of anilines is 6. The molecule has 0 aliphatic carbocycles. The molecule has 4 amide bonds. The second-order valence-corrected chi connectivity index (χ2v) is 15.4. The van der Waals surface area contributed by atoms with Gasteiger partial charge in [-0.05, 0) is 86.7 Å². The molecule has 1 unspecified atom stereocenters. The number of rotatable bonds is 12. The normalized spacial score (nSPS) is 17.7. The van der Waals surface area contributed by atoms with Gasteiger partial charge in [-0.3, -0.25) is 29.4 Å². The quantitative estimate of drug-likeness (QED) is 0.115. The summed E-state index contributed by atoms with van der Waals surface area (Å²) >= 11 is 0. The Balaban J connectivity index is 0.924. The van der Waals surface area contributed by atoms with E-state index in [1.807, 2.05) is 36.1 Å². The van der Waals surface area contributed by atoms with Crippen molar-refractivity contribution in [1.29, 1.82) is 0 Å². The van der Waals surface area contributed by atoms with Gasteiger partial charge < -0.3 is 35.8 Å². The maximum absolute atomic E-state index is 14.1. The van der Waals surface area contributed by atoms with Gasteiger partial charge in [0.1, 0.15) is 23.2 Å². The molecule has 61 heavy (non-hydrogen) atoms. The van der Waals surface area contributed by atoms with Crippen molar-refractivity contribution in [2.45, 2.75) is 50.7 Å². The van der Waals surface area contributed by atoms with E-state index >= 15 is 0 Å². The first-order valence-corrected chi connectivity index (χ1v) is 20.2. The van der Waals surface area contributed by atoms with Crippen LogP contribution in [0, 0.1) is 6.92 Å². The van der Waals surface area contributed by atoms with E-state index in [0.717, 1.165) is 42.9 Å². The molecule has 5 N–H and O–H groups in total. The highest BCUT2D eigenvalue weighted by Gasteiger charge is 2.36. The van der Waals surface area contributed by atoms with E-state index in [-0.39, 0.29) is 34.9 Å². The zero-order valence-electron chi connectivity index (χ0n) is 34.2. The number of amides is 4. The van der Waals surface area contributed by atoms with Crippen LogP contribution in [0.1, 0.15) is 58.6 Å². The molecule has 3 aromatic carbocycles. The van der Waals surface area contributed by atoms with Crippen molar-refractivity contribution in [2.24, 2.45) is 0 Å². The van der Waals surface area contributed by atoms with Gasteiger partial charge in [0.15, 0.2) is 0 Å². The smallest absolute Gasteiger partial charge is 0.421 e. The molecule has 3 saturated heterocycles. The Labute approximate surface area is 351 Å². The van der Waals surface area contributed by atoms with Gasteiger partial charge in [0.05, 0.1) is 30.6 Å². The Morgan fingerprint density at radius 3 is 2.31 bits per heavy atom. The molecule has 4 heterocycles. The molecule has 18 heteroatoms. The fraction of sp³-hybridized carbons (Fsp3) is 0.395. The van der Waals surface area contributed by atoms with Gasteiger partial charge in [0.2, 0.25) is 23.7 Å². The SMILES string of the molecule is CNC(=O)c1ccccc1Nc1nc(Nc2cc(C)c(N3CCN(C(=O)CN4CCC(c5ccc(NC6CCC(=O)NC6=O)cc5)CC4)CC3)cc2OC)ncc1C(F)(F)F. The number of alkyl halides is 3. The van der Waals surface area contributed by atoms with Crippen molar-refractivity contribution in [3.8, 4) is 5.75 Å². The average Bonchev–Trinajstić information content (AvgIpc) is 3.25. The summed E-state index contributed by atoms with van der Waals surface area (Å²) in [4.78, 5) is 63.8. The number of ether oxygens (including phenoxy) is 1. The summed E-state index contributed by atoms with van der Waals surface area (Å²) in [5.41, 5.74) is 3.45. The predicted molar refractivity (Wildman–Crippen MR) is 225 cm³/mol. The van der Waals surface area contributed by atoms with Crippen LogP contribution in [-0.2, 0) is 20.6 Å². The van der Waals surface area contributed by atoms with Crippen LogP contribution in [0.25, 0.3) is 0 Å². The van der Waals surface area contributed by atoms with Crippen LogP contribution in [0.2, 0.25) is 0 Å². The lowest BCUT2D eigenvalue weighted by Gasteiger charge is -2.38. The zero-order valence-corrected chi connectivity index (χ0v) is 34.2. The first-order chi connectivity index (χ1) is 29.3. The molecule has 1 atom stereocenters. The van der Waals surface area contributed by atoms with Crippen molar-refractivity contribution in [2.75, 3.05) is 80.8 Å². The molecule has 4 aromatic rings. The largest absolute Gasteiger partial charge is 0.494 e. The predicted octanol–water partition coefficient (Wildman–Crippen LogP) is 5.40. The van der Waals surface area contributed by atoms with Crippen molar-refractivity contribution < 1.29 is 37.1 Å². The maximum atomic E-state index is 14.1. The molecular weight excluding hydrogens is 794 g/mol. The fourth-order valence-electron chi connectivity index (χ4n) is 8.00. The summed E-state index contributed by atoms with van der Waals surface area (Å²) in [7, 11) is 2.92. The molecule has 3 fully saturated rings. The number of methoxy groups -OCH3 is 1. The summed E-state index contributed by atoms with van der Waals surface area (Å²) < 4.78 is 47.9. The number of carbonyl (C=O) groups is 4. The van der Waals surface area contributed by atoms with Gasteiger partial charge in [0, 0.05) is 63.3 Å². The number of carbonyl (C=O) groups excluding carboxylic acids is 4. The van der Waals surface area contributed by atoms with Crippen LogP contribution in [0.4, 0.5) is 47.7 Å². The van der Waals surface area contributed by atoms with E-state index in [1.54, 1.807) is 12.1 Å².